The van der Waals surface area contributed by atoms with Gasteiger partial charge in [-0.3, -0.25) is 0 Å². The van der Waals surface area contributed by atoms with Crippen molar-refractivity contribution in [1.82, 2.24) is 19.7 Å². The first-order valence-corrected chi connectivity index (χ1v) is 9.79. The first-order valence-electron chi connectivity index (χ1n) is 8.91. The van der Waals surface area contributed by atoms with E-state index in [-0.39, 0.29) is 16.8 Å². The van der Waals surface area contributed by atoms with E-state index in [4.69, 9.17) is 14.2 Å². The van der Waals surface area contributed by atoms with Gasteiger partial charge in [0.2, 0.25) is 5.89 Å². The third kappa shape index (κ3) is 4.08. The van der Waals surface area contributed by atoms with Crippen LogP contribution in [-0.4, -0.2) is 32.4 Å². The summed E-state index contributed by atoms with van der Waals surface area (Å²) in [4.78, 5) is 9.33. The summed E-state index contributed by atoms with van der Waals surface area (Å²) in [6.45, 7) is 14.2. The molecule has 0 N–H and O–H groups in total. The third-order valence-electron chi connectivity index (χ3n) is 4.58. The summed E-state index contributed by atoms with van der Waals surface area (Å²) in [5.74, 6) is 1.39. The van der Waals surface area contributed by atoms with Gasteiger partial charge in [-0.25, -0.2) is 4.98 Å². The standard InChI is InChI=1S/C18H28N4O2S/c1-11-12(2)22(10-14-8-7-9-23-14)17(19-11)25-13(3)15-20-16(21-24-15)18(4,5)6/h13-14H,7-10H2,1-6H3/t13-,14-/m0/s1. The van der Waals surface area contributed by atoms with Crippen LogP contribution in [0.3, 0.4) is 0 Å². The summed E-state index contributed by atoms with van der Waals surface area (Å²) >= 11 is 1.67. The normalized spacial score (nSPS) is 19.5. The minimum Gasteiger partial charge on any atom is -0.376 e. The van der Waals surface area contributed by atoms with Crippen molar-refractivity contribution in [1.29, 1.82) is 0 Å². The smallest absolute Gasteiger partial charge is 0.239 e. The van der Waals surface area contributed by atoms with Crippen molar-refractivity contribution in [2.75, 3.05) is 6.61 Å². The summed E-state index contributed by atoms with van der Waals surface area (Å²) in [6.07, 6.45) is 2.56. The molecule has 6 nitrogen and oxygen atoms in total. The van der Waals surface area contributed by atoms with E-state index in [0.29, 0.717) is 5.89 Å². The molecule has 1 aliphatic heterocycles. The van der Waals surface area contributed by atoms with E-state index in [0.717, 1.165) is 42.7 Å². The van der Waals surface area contributed by atoms with Gasteiger partial charge >= 0.3 is 0 Å². The maximum atomic E-state index is 5.81. The van der Waals surface area contributed by atoms with Gasteiger partial charge in [0.15, 0.2) is 11.0 Å². The largest absolute Gasteiger partial charge is 0.376 e. The van der Waals surface area contributed by atoms with Gasteiger partial charge in [0, 0.05) is 17.7 Å². The predicted molar refractivity (Wildman–Crippen MR) is 97.9 cm³/mol. The minimum absolute atomic E-state index is 0.0491. The van der Waals surface area contributed by atoms with Gasteiger partial charge < -0.3 is 13.8 Å². The number of hydrogen-bond donors (Lipinski definition) is 0. The Bertz CT molecular complexity index is 726. The molecule has 2 aromatic rings. The van der Waals surface area contributed by atoms with Crippen molar-refractivity contribution in [2.24, 2.45) is 0 Å². The van der Waals surface area contributed by atoms with E-state index in [2.05, 4.69) is 56.3 Å². The van der Waals surface area contributed by atoms with Crippen molar-refractivity contribution in [3.05, 3.63) is 23.1 Å². The highest BCUT2D eigenvalue weighted by Crippen LogP contribution is 2.35. The fourth-order valence-electron chi connectivity index (χ4n) is 2.83. The summed E-state index contributed by atoms with van der Waals surface area (Å²) in [5.41, 5.74) is 2.15. The Labute approximate surface area is 153 Å². The van der Waals surface area contributed by atoms with E-state index in [9.17, 15) is 0 Å². The van der Waals surface area contributed by atoms with Gasteiger partial charge in [0.25, 0.3) is 0 Å². The molecule has 0 amide bonds. The molecule has 0 radical (unpaired) electrons. The number of nitrogens with zero attached hydrogens (tertiary/aromatic N) is 4. The van der Waals surface area contributed by atoms with E-state index in [1.165, 1.54) is 5.69 Å². The average Bonchev–Trinajstić information content (AvgIpc) is 3.25. The van der Waals surface area contributed by atoms with Gasteiger partial charge in [0.05, 0.1) is 23.6 Å². The number of hydrogen-bond acceptors (Lipinski definition) is 6. The Hall–Kier alpha value is -1.34. The van der Waals surface area contributed by atoms with E-state index < -0.39 is 0 Å². The number of aromatic nitrogens is 4. The number of rotatable bonds is 5. The van der Waals surface area contributed by atoms with Crippen LogP contribution in [0.1, 0.15) is 68.9 Å². The lowest BCUT2D eigenvalue weighted by molar-refractivity contribution is 0.0944. The quantitative estimate of drug-likeness (QED) is 0.740. The molecule has 138 valence electrons. The third-order valence-corrected chi connectivity index (χ3v) is 5.65. The Morgan fingerprint density at radius 1 is 1.28 bits per heavy atom. The maximum Gasteiger partial charge on any atom is 0.239 e. The van der Waals surface area contributed by atoms with Crippen LogP contribution in [0.4, 0.5) is 0 Å². The first-order chi connectivity index (χ1) is 11.8. The highest BCUT2D eigenvalue weighted by molar-refractivity contribution is 7.99. The fraction of sp³-hybridized carbons (Fsp3) is 0.722. The van der Waals surface area contributed by atoms with Crippen molar-refractivity contribution < 1.29 is 9.26 Å². The molecule has 0 aliphatic carbocycles. The highest BCUT2D eigenvalue weighted by atomic mass is 32.2. The van der Waals surface area contributed by atoms with Crippen LogP contribution < -0.4 is 0 Å². The second kappa shape index (κ2) is 7.11. The summed E-state index contributed by atoms with van der Waals surface area (Å²) in [6, 6.07) is 0. The molecule has 7 heteroatoms. The Morgan fingerprint density at radius 2 is 2.04 bits per heavy atom. The van der Waals surface area contributed by atoms with Crippen LogP contribution in [0.25, 0.3) is 0 Å². The molecule has 0 spiro atoms. The maximum absolute atomic E-state index is 5.81. The van der Waals surface area contributed by atoms with Gasteiger partial charge in [-0.2, -0.15) is 4.98 Å². The highest BCUT2D eigenvalue weighted by Gasteiger charge is 2.26. The molecule has 2 aromatic heterocycles. The summed E-state index contributed by atoms with van der Waals surface area (Å²) in [5, 5.41) is 5.17. The topological polar surface area (TPSA) is 66.0 Å². The average molecular weight is 365 g/mol. The lowest BCUT2D eigenvalue weighted by Gasteiger charge is -2.15. The minimum atomic E-state index is -0.113. The number of imidazole rings is 1. The lowest BCUT2D eigenvalue weighted by atomic mass is 9.96. The monoisotopic (exact) mass is 364 g/mol. The lowest BCUT2D eigenvalue weighted by Crippen LogP contribution is -2.17. The van der Waals surface area contributed by atoms with E-state index in [1.54, 1.807) is 11.8 Å². The summed E-state index contributed by atoms with van der Waals surface area (Å²) in [7, 11) is 0. The molecule has 0 bridgehead atoms. The second-order valence-electron chi connectivity index (χ2n) is 7.78. The van der Waals surface area contributed by atoms with Gasteiger partial charge in [-0.05, 0) is 33.6 Å². The van der Waals surface area contributed by atoms with E-state index in [1.807, 2.05) is 0 Å². The van der Waals surface area contributed by atoms with Crippen molar-refractivity contribution >= 4 is 11.8 Å². The van der Waals surface area contributed by atoms with Gasteiger partial charge in [0.1, 0.15) is 0 Å². The molecular formula is C18H28N4O2S. The van der Waals surface area contributed by atoms with Crippen LogP contribution in [0.5, 0.6) is 0 Å². The Morgan fingerprint density at radius 3 is 2.64 bits per heavy atom. The van der Waals surface area contributed by atoms with Crippen LogP contribution in [0.2, 0.25) is 0 Å². The second-order valence-corrected chi connectivity index (χ2v) is 9.09. The molecule has 1 aliphatic rings. The van der Waals surface area contributed by atoms with Crippen LogP contribution in [0.15, 0.2) is 9.68 Å². The summed E-state index contributed by atoms with van der Waals surface area (Å²) < 4.78 is 13.6. The fourth-order valence-corrected chi connectivity index (χ4v) is 3.88. The predicted octanol–water partition coefficient (Wildman–Crippen LogP) is 4.21. The molecule has 3 rings (SSSR count). The molecule has 0 aromatic carbocycles. The number of aryl methyl sites for hydroxylation is 1. The first kappa shape index (κ1) is 18.5. The Kier molecular flexibility index (Phi) is 5.25. The molecule has 1 fully saturated rings. The number of thioether (sulfide) groups is 1. The Balaban J connectivity index is 1.77. The van der Waals surface area contributed by atoms with Gasteiger partial charge in [-0.15, -0.1) is 0 Å². The molecular weight excluding hydrogens is 336 g/mol. The molecule has 1 saturated heterocycles. The van der Waals surface area contributed by atoms with Gasteiger partial charge in [-0.1, -0.05) is 37.7 Å². The van der Waals surface area contributed by atoms with Crippen LogP contribution in [-0.2, 0) is 16.7 Å². The zero-order valence-electron chi connectivity index (χ0n) is 16.0. The molecule has 25 heavy (non-hydrogen) atoms. The molecule has 2 atom stereocenters. The molecule has 0 unspecified atom stereocenters. The van der Waals surface area contributed by atoms with Crippen molar-refractivity contribution in [2.45, 2.75) is 82.9 Å². The van der Waals surface area contributed by atoms with Crippen LogP contribution >= 0.6 is 11.8 Å². The zero-order chi connectivity index (χ0) is 18.2. The number of ether oxygens (including phenoxy) is 1. The van der Waals surface area contributed by atoms with Crippen molar-refractivity contribution in [3.63, 3.8) is 0 Å². The SMILES string of the molecule is Cc1nc(S[C@@H](C)c2nc(C(C)(C)C)no2)n(C[C@@H]2CCCO2)c1C. The molecule has 3 heterocycles. The van der Waals surface area contributed by atoms with Crippen LogP contribution in [0, 0.1) is 13.8 Å². The van der Waals surface area contributed by atoms with E-state index >= 15 is 0 Å². The zero-order valence-corrected chi connectivity index (χ0v) is 16.8. The molecule has 0 saturated carbocycles. The van der Waals surface area contributed by atoms with Crippen molar-refractivity contribution in [3.8, 4) is 0 Å².